The quantitative estimate of drug-likeness (QED) is 0.540. The molecule has 6 nitrogen and oxygen atoms in total. The fraction of sp³-hybridized carbons (Fsp3) is 0.529. The Morgan fingerprint density at radius 2 is 2.12 bits per heavy atom. The van der Waals surface area contributed by atoms with Crippen LogP contribution < -0.4 is 4.74 Å². The Labute approximate surface area is 141 Å². The van der Waals surface area contributed by atoms with Gasteiger partial charge in [0.25, 0.3) is 0 Å². The molecule has 0 aliphatic heterocycles. The van der Waals surface area contributed by atoms with Crippen molar-refractivity contribution in [3.63, 3.8) is 0 Å². The molecule has 0 N–H and O–H groups in total. The van der Waals surface area contributed by atoms with Gasteiger partial charge in [0, 0.05) is 18.6 Å². The smallest absolute Gasteiger partial charge is 0.166 e. The van der Waals surface area contributed by atoms with Crippen molar-refractivity contribution in [1.82, 2.24) is 9.61 Å². The van der Waals surface area contributed by atoms with Gasteiger partial charge < -0.3 is 4.74 Å². The Morgan fingerprint density at radius 3 is 2.75 bits per heavy atom. The Hall–Kier alpha value is -1.89. The minimum Gasteiger partial charge on any atom is -0.492 e. The monoisotopic (exact) mass is 350 g/mol. The second kappa shape index (κ2) is 6.55. The van der Waals surface area contributed by atoms with Crippen molar-refractivity contribution in [2.24, 2.45) is 0 Å². The van der Waals surface area contributed by atoms with Gasteiger partial charge in [-0.15, -0.1) is 0 Å². The van der Waals surface area contributed by atoms with Gasteiger partial charge in [0.2, 0.25) is 0 Å². The maximum atomic E-state index is 12.0. The molecule has 2 heterocycles. The van der Waals surface area contributed by atoms with Gasteiger partial charge in [0.15, 0.2) is 5.78 Å². The van der Waals surface area contributed by atoms with Crippen LogP contribution in [0.2, 0.25) is 0 Å². The van der Waals surface area contributed by atoms with Crippen LogP contribution in [0.25, 0.3) is 5.52 Å². The standard InChI is InChI=1S/C17H22N2O4S/c1-3-15(20)13-11-18-19-14(13)7-8-16(17(19)12-5-6-12)23-9-4-10-24(2,21)22/h7-8,11-12H,3-6,9-10H2,1-2H3. The number of carbonyl (C=O) groups excluding carboxylic acids is 1. The molecule has 1 fully saturated rings. The van der Waals surface area contributed by atoms with E-state index in [1.165, 1.54) is 6.26 Å². The zero-order chi connectivity index (χ0) is 17.3. The van der Waals surface area contributed by atoms with Crippen molar-refractivity contribution >= 4 is 21.1 Å². The van der Waals surface area contributed by atoms with E-state index in [0.29, 0.717) is 30.9 Å². The molecule has 0 saturated heterocycles. The number of aromatic nitrogens is 2. The zero-order valence-corrected chi connectivity index (χ0v) is 14.8. The summed E-state index contributed by atoms with van der Waals surface area (Å²) in [4.78, 5) is 12.0. The minimum atomic E-state index is -2.97. The SMILES string of the molecule is CCC(=O)c1cnn2c(C3CC3)c(OCCCS(C)(=O)=O)ccc12. The molecule has 0 atom stereocenters. The fourth-order valence-electron chi connectivity index (χ4n) is 2.82. The maximum absolute atomic E-state index is 12.0. The molecule has 0 amide bonds. The van der Waals surface area contributed by atoms with Gasteiger partial charge in [-0.05, 0) is 31.4 Å². The molecule has 1 aliphatic carbocycles. The lowest BCUT2D eigenvalue weighted by molar-refractivity contribution is 0.0989. The molecule has 1 aliphatic rings. The van der Waals surface area contributed by atoms with Gasteiger partial charge in [-0.3, -0.25) is 4.79 Å². The first-order valence-electron chi connectivity index (χ1n) is 8.25. The lowest BCUT2D eigenvalue weighted by Crippen LogP contribution is -2.10. The number of sulfone groups is 1. The summed E-state index contributed by atoms with van der Waals surface area (Å²) in [5.74, 6) is 1.32. The highest BCUT2D eigenvalue weighted by Crippen LogP contribution is 2.44. The van der Waals surface area contributed by atoms with Crippen LogP contribution >= 0.6 is 0 Å². The number of Topliss-reactive ketones (excluding diaryl/α,β-unsaturated/α-hetero) is 1. The average Bonchev–Trinajstić information content (AvgIpc) is 3.28. The van der Waals surface area contributed by atoms with Crippen molar-refractivity contribution in [3.05, 3.63) is 29.6 Å². The summed E-state index contributed by atoms with van der Waals surface area (Å²) >= 11 is 0. The average molecular weight is 350 g/mol. The van der Waals surface area contributed by atoms with E-state index < -0.39 is 9.84 Å². The third-order valence-electron chi connectivity index (χ3n) is 4.18. The molecular formula is C17H22N2O4S. The molecule has 130 valence electrons. The zero-order valence-electron chi connectivity index (χ0n) is 14.0. The summed E-state index contributed by atoms with van der Waals surface area (Å²) in [6.45, 7) is 2.19. The molecule has 3 rings (SSSR count). The summed E-state index contributed by atoms with van der Waals surface area (Å²) in [5.41, 5.74) is 2.44. The van der Waals surface area contributed by atoms with E-state index in [-0.39, 0.29) is 11.5 Å². The van der Waals surface area contributed by atoms with Gasteiger partial charge in [-0.2, -0.15) is 5.10 Å². The van der Waals surface area contributed by atoms with Gasteiger partial charge in [0.1, 0.15) is 15.6 Å². The number of rotatable bonds is 8. The lowest BCUT2D eigenvalue weighted by Gasteiger charge is -2.13. The molecule has 1 saturated carbocycles. The van der Waals surface area contributed by atoms with E-state index in [0.717, 1.165) is 29.8 Å². The van der Waals surface area contributed by atoms with Crippen molar-refractivity contribution in [3.8, 4) is 5.75 Å². The van der Waals surface area contributed by atoms with Crippen LogP contribution in [0, 0.1) is 0 Å². The highest BCUT2D eigenvalue weighted by molar-refractivity contribution is 7.90. The first-order valence-corrected chi connectivity index (χ1v) is 10.3. The van der Waals surface area contributed by atoms with Gasteiger partial charge in [-0.1, -0.05) is 6.92 Å². The van der Waals surface area contributed by atoms with Gasteiger partial charge in [-0.25, -0.2) is 12.9 Å². The van der Waals surface area contributed by atoms with Crippen LogP contribution in [0.4, 0.5) is 0 Å². The van der Waals surface area contributed by atoms with E-state index >= 15 is 0 Å². The van der Waals surface area contributed by atoms with E-state index in [1.807, 2.05) is 23.6 Å². The molecule has 24 heavy (non-hydrogen) atoms. The predicted octanol–water partition coefficient (Wildman–Crippen LogP) is 2.62. The fourth-order valence-corrected chi connectivity index (χ4v) is 3.46. The topological polar surface area (TPSA) is 77.7 Å². The van der Waals surface area contributed by atoms with E-state index in [1.54, 1.807) is 6.20 Å². The maximum Gasteiger partial charge on any atom is 0.166 e. The van der Waals surface area contributed by atoms with Crippen LogP contribution in [0.15, 0.2) is 18.3 Å². The highest BCUT2D eigenvalue weighted by Gasteiger charge is 2.31. The predicted molar refractivity (Wildman–Crippen MR) is 91.6 cm³/mol. The number of fused-ring (bicyclic) bond motifs is 1. The summed E-state index contributed by atoms with van der Waals surface area (Å²) < 4.78 is 30.0. The highest BCUT2D eigenvalue weighted by atomic mass is 32.2. The number of ether oxygens (including phenoxy) is 1. The van der Waals surface area contributed by atoms with Crippen molar-refractivity contribution in [2.75, 3.05) is 18.6 Å². The number of hydrogen-bond acceptors (Lipinski definition) is 5. The van der Waals surface area contributed by atoms with Gasteiger partial charge in [0.05, 0.1) is 35.3 Å². The van der Waals surface area contributed by atoms with E-state index in [4.69, 9.17) is 4.74 Å². The molecule has 0 radical (unpaired) electrons. The second-order valence-corrected chi connectivity index (χ2v) is 8.58. The van der Waals surface area contributed by atoms with Crippen LogP contribution in [-0.2, 0) is 9.84 Å². The first-order chi connectivity index (χ1) is 11.4. The Bertz CT molecular complexity index is 866. The normalized spacial score (nSPS) is 14.9. The third-order valence-corrected chi connectivity index (χ3v) is 5.21. The first kappa shape index (κ1) is 17.0. The summed E-state index contributed by atoms with van der Waals surface area (Å²) in [5, 5.41) is 4.40. The van der Waals surface area contributed by atoms with Crippen molar-refractivity contribution in [2.45, 2.75) is 38.5 Å². The molecule has 0 unspecified atom stereocenters. The summed E-state index contributed by atoms with van der Waals surface area (Å²) in [6, 6.07) is 3.73. The van der Waals surface area contributed by atoms with Crippen LogP contribution in [-0.4, -0.2) is 42.4 Å². The molecule has 0 bridgehead atoms. The van der Waals surface area contributed by atoms with E-state index in [2.05, 4.69) is 5.10 Å². The largest absolute Gasteiger partial charge is 0.492 e. The number of nitrogens with zero attached hydrogens (tertiary/aromatic N) is 2. The summed E-state index contributed by atoms with van der Waals surface area (Å²) in [6.07, 6.45) is 5.92. The number of carbonyl (C=O) groups is 1. The van der Waals surface area contributed by atoms with Crippen molar-refractivity contribution in [1.29, 1.82) is 0 Å². The molecule has 2 aromatic heterocycles. The minimum absolute atomic E-state index is 0.0774. The second-order valence-electron chi connectivity index (χ2n) is 6.32. The van der Waals surface area contributed by atoms with Crippen LogP contribution in [0.5, 0.6) is 5.75 Å². The molecule has 7 heteroatoms. The van der Waals surface area contributed by atoms with Crippen LogP contribution in [0.3, 0.4) is 0 Å². The Kier molecular flexibility index (Phi) is 4.62. The Morgan fingerprint density at radius 1 is 1.38 bits per heavy atom. The number of ketones is 1. The van der Waals surface area contributed by atoms with Crippen molar-refractivity contribution < 1.29 is 17.9 Å². The molecule has 0 spiro atoms. The molecular weight excluding hydrogens is 328 g/mol. The van der Waals surface area contributed by atoms with Gasteiger partial charge >= 0.3 is 0 Å². The lowest BCUT2D eigenvalue weighted by atomic mass is 10.1. The van der Waals surface area contributed by atoms with Crippen LogP contribution in [0.1, 0.15) is 54.6 Å². The van der Waals surface area contributed by atoms with E-state index in [9.17, 15) is 13.2 Å². The third kappa shape index (κ3) is 3.61. The Balaban J connectivity index is 1.86. The molecule has 0 aromatic carbocycles. The number of pyridine rings is 1. The number of hydrogen-bond donors (Lipinski definition) is 0. The summed E-state index contributed by atoms with van der Waals surface area (Å²) in [7, 11) is -2.97. The molecule has 2 aromatic rings.